The van der Waals surface area contributed by atoms with Crippen molar-refractivity contribution < 1.29 is 9.47 Å². The van der Waals surface area contributed by atoms with Crippen molar-refractivity contribution in [3.8, 4) is 11.5 Å². The van der Waals surface area contributed by atoms with Crippen LogP contribution in [0.25, 0.3) is 10.8 Å². The SMILES string of the molecule is CCNCCc1ccc2cc(OC)c(OC)cc2c1.Cl. The third-order valence-corrected chi connectivity index (χ3v) is 3.25. The fourth-order valence-electron chi connectivity index (χ4n) is 2.19. The van der Waals surface area contributed by atoms with Gasteiger partial charge in [-0.25, -0.2) is 0 Å². The van der Waals surface area contributed by atoms with Gasteiger partial charge in [0.15, 0.2) is 11.5 Å². The average Bonchev–Trinajstić information content (AvgIpc) is 2.46. The molecular weight excluding hydrogens is 274 g/mol. The summed E-state index contributed by atoms with van der Waals surface area (Å²) in [5.74, 6) is 1.55. The van der Waals surface area contributed by atoms with Crippen LogP contribution in [0.1, 0.15) is 12.5 Å². The van der Waals surface area contributed by atoms with E-state index in [1.807, 2.05) is 12.1 Å². The smallest absolute Gasteiger partial charge is 0.161 e. The Morgan fingerprint density at radius 3 is 2.20 bits per heavy atom. The van der Waals surface area contributed by atoms with Gasteiger partial charge in [-0.3, -0.25) is 0 Å². The molecule has 4 heteroatoms. The molecule has 1 N–H and O–H groups in total. The summed E-state index contributed by atoms with van der Waals surface area (Å²) in [5.41, 5.74) is 1.33. The number of halogens is 1. The van der Waals surface area contributed by atoms with Crippen molar-refractivity contribution in [2.75, 3.05) is 27.3 Å². The van der Waals surface area contributed by atoms with Gasteiger partial charge in [0.25, 0.3) is 0 Å². The largest absolute Gasteiger partial charge is 0.493 e. The lowest BCUT2D eigenvalue weighted by molar-refractivity contribution is 0.356. The summed E-state index contributed by atoms with van der Waals surface area (Å²) in [4.78, 5) is 0. The van der Waals surface area contributed by atoms with E-state index < -0.39 is 0 Å². The molecular formula is C16H22ClNO2. The molecule has 0 amide bonds. The van der Waals surface area contributed by atoms with E-state index in [1.54, 1.807) is 14.2 Å². The molecule has 0 atom stereocenters. The second kappa shape index (κ2) is 7.98. The fraction of sp³-hybridized carbons (Fsp3) is 0.375. The van der Waals surface area contributed by atoms with Crippen molar-refractivity contribution >= 4 is 23.2 Å². The van der Waals surface area contributed by atoms with Crippen molar-refractivity contribution in [2.45, 2.75) is 13.3 Å². The monoisotopic (exact) mass is 295 g/mol. The first kappa shape index (κ1) is 16.6. The Balaban J connectivity index is 0.00000200. The molecule has 0 aliphatic carbocycles. The first-order valence-electron chi connectivity index (χ1n) is 6.64. The zero-order valence-corrected chi connectivity index (χ0v) is 13.0. The molecule has 0 heterocycles. The lowest BCUT2D eigenvalue weighted by atomic mass is 10.0. The van der Waals surface area contributed by atoms with Crippen LogP contribution in [0, 0.1) is 0 Å². The molecule has 20 heavy (non-hydrogen) atoms. The Labute approximate surface area is 126 Å². The van der Waals surface area contributed by atoms with Gasteiger partial charge in [-0.1, -0.05) is 25.1 Å². The number of methoxy groups -OCH3 is 2. The van der Waals surface area contributed by atoms with E-state index in [1.165, 1.54) is 16.3 Å². The highest BCUT2D eigenvalue weighted by Gasteiger charge is 2.06. The number of fused-ring (bicyclic) bond motifs is 1. The molecule has 2 rings (SSSR count). The van der Waals surface area contributed by atoms with E-state index in [4.69, 9.17) is 9.47 Å². The summed E-state index contributed by atoms with van der Waals surface area (Å²) < 4.78 is 10.7. The van der Waals surface area contributed by atoms with Gasteiger partial charge in [-0.2, -0.15) is 0 Å². The van der Waals surface area contributed by atoms with Crippen molar-refractivity contribution in [2.24, 2.45) is 0 Å². The van der Waals surface area contributed by atoms with Crippen LogP contribution in [-0.4, -0.2) is 27.3 Å². The van der Waals surface area contributed by atoms with Crippen molar-refractivity contribution in [3.05, 3.63) is 35.9 Å². The quantitative estimate of drug-likeness (QED) is 0.828. The van der Waals surface area contributed by atoms with Crippen LogP contribution in [0.5, 0.6) is 11.5 Å². The predicted molar refractivity (Wildman–Crippen MR) is 86.5 cm³/mol. The van der Waals surface area contributed by atoms with Crippen LogP contribution in [0.2, 0.25) is 0 Å². The maximum Gasteiger partial charge on any atom is 0.161 e. The summed E-state index contributed by atoms with van der Waals surface area (Å²) in [6.45, 7) is 4.14. The van der Waals surface area contributed by atoms with E-state index in [2.05, 4.69) is 30.4 Å². The minimum Gasteiger partial charge on any atom is -0.493 e. The zero-order valence-electron chi connectivity index (χ0n) is 12.2. The van der Waals surface area contributed by atoms with Gasteiger partial charge in [-0.15, -0.1) is 12.4 Å². The predicted octanol–water partition coefficient (Wildman–Crippen LogP) is 3.43. The normalized spacial score (nSPS) is 10.2. The zero-order chi connectivity index (χ0) is 13.7. The second-order valence-corrected chi connectivity index (χ2v) is 4.49. The molecule has 0 bridgehead atoms. The molecule has 0 radical (unpaired) electrons. The van der Waals surface area contributed by atoms with Crippen molar-refractivity contribution in [1.82, 2.24) is 5.32 Å². The molecule has 0 unspecified atom stereocenters. The van der Waals surface area contributed by atoms with E-state index in [-0.39, 0.29) is 12.4 Å². The Morgan fingerprint density at radius 2 is 1.60 bits per heavy atom. The third kappa shape index (κ3) is 3.78. The number of hydrogen-bond donors (Lipinski definition) is 1. The van der Waals surface area contributed by atoms with Gasteiger partial charge >= 0.3 is 0 Å². The van der Waals surface area contributed by atoms with Gasteiger partial charge in [0.05, 0.1) is 14.2 Å². The van der Waals surface area contributed by atoms with Crippen LogP contribution in [0.3, 0.4) is 0 Å². The number of hydrogen-bond acceptors (Lipinski definition) is 3. The first-order valence-corrected chi connectivity index (χ1v) is 6.64. The maximum absolute atomic E-state index is 5.35. The highest BCUT2D eigenvalue weighted by atomic mass is 35.5. The van der Waals surface area contributed by atoms with Gasteiger partial charge in [0, 0.05) is 0 Å². The molecule has 0 spiro atoms. The summed E-state index contributed by atoms with van der Waals surface area (Å²) in [6.07, 6.45) is 1.04. The van der Waals surface area contributed by atoms with Crippen LogP contribution in [0.4, 0.5) is 0 Å². The van der Waals surface area contributed by atoms with Gasteiger partial charge in [0.2, 0.25) is 0 Å². The van der Waals surface area contributed by atoms with Crippen LogP contribution < -0.4 is 14.8 Å². The van der Waals surface area contributed by atoms with Crippen LogP contribution in [-0.2, 0) is 6.42 Å². The molecule has 0 aliphatic rings. The van der Waals surface area contributed by atoms with Crippen molar-refractivity contribution in [3.63, 3.8) is 0 Å². The molecule has 3 nitrogen and oxygen atoms in total. The Hall–Kier alpha value is -1.45. The van der Waals surface area contributed by atoms with Crippen LogP contribution in [0.15, 0.2) is 30.3 Å². The van der Waals surface area contributed by atoms with Gasteiger partial charge < -0.3 is 14.8 Å². The molecule has 2 aromatic carbocycles. The van der Waals surface area contributed by atoms with E-state index in [0.717, 1.165) is 31.0 Å². The highest BCUT2D eigenvalue weighted by molar-refractivity contribution is 5.86. The molecule has 2 aromatic rings. The van der Waals surface area contributed by atoms with Crippen LogP contribution >= 0.6 is 12.4 Å². The van der Waals surface area contributed by atoms with Gasteiger partial charge in [0.1, 0.15) is 0 Å². The molecule has 0 aromatic heterocycles. The minimum absolute atomic E-state index is 0. The lowest BCUT2D eigenvalue weighted by Crippen LogP contribution is -2.15. The molecule has 0 saturated carbocycles. The topological polar surface area (TPSA) is 30.5 Å². The number of nitrogens with one attached hydrogen (secondary N) is 1. The Morgan fingerprint density at radius 1 is 0.950 bits per heavy atom. The van der Waals surface area contributed by atoms with E-state index in [9.17, 15) is 0 Å². The third-order valence-electron chi connectivity index (χ3n) is 3.25. The highest BCUT2D eigenvalue weighted by Crippen LogP contribution is 2.32. The minimum atomic E-state index is 0. The fourth-order valence-corrected chi connectivity index (χ4v) is 2.19. The molecule has 0 saturated heterocycles. The van der Waals surface area contributed by atoms with Crippen molar-refractivity contribution in [1.29, 1.82) is 0 Å². The summed E-state index contributed by atoms with van der Waals surface area (Å²) >= 11 is 0. The second-order valence-electron chi connectivity index (χ2n) is 4.49. The Kier molecular flexibility index (Phi) is 6.62. The number of benzene rings is 2. The molecule has 0 aliphatic heterocycles. The van der Waals surface area contributed by atoms with E-state index in [0.29, 0.717) is 0 Å². The maximum atomic E-state index is 5.35. The summed E-state index contributed by atoms with van der Waals surface area (Å²) in [6, 6.07) is 10.6. The standard InChI is InChI=1S/C16H21NO2.ClH/c1-4-17-8-7-12-5-6-13-10-15(18-2)16(19-3)11-14(13)9-12;/h5-6,9-11,17H,4,7-8H2,1-3H3;1H. The van der Waals surface area contributed by atoms with Gasteiger partial charge in [-0.05, 0) is 48.0 Å². The average molecular weight is 296 g/mol. The summed E-state index contributed by atoms with van der Waals surface area (Å²) in [5, 5.41) is 5.70. The molecule has 0 fully saturated rings. The number of rotatable bonds is 6. The van der Waals surface area contributed by atoms with E-state index >= 15 is 0 Å². The first-order chi connectivity index (χ1) is 9.28. The number of ether oxygens (including phenoxy) is 2. The molecule has 110 valence electrons. The summed E-state index contributed by atoms with van der Waals surface area (Å²) in [7, 11) is 3.33. The lowest BCUT2D eigenvalue weighted by Gasteiger charge is -2.10. The Bertz CT molecular complexity index is 557. The number of likely N-dealkylation sites (N-methyl/N-ethyl adjacent to an activating group) is 1.